The van der Waals surface area contributed by atoms with E-state index < -0.39 is 6.09 Å². The first-order valence-electron chi connectivity index (χ1n) is 5.16. The summed E-state index contributed by atoms with van der Waals surface area (Å²) in [5, 5.41) is 10.9. The fourth-order valence-electron chi connectivity index (χ4n) is 1.50. The molecule has 0 radical (unpaired) electrons. The van der Waals surface area contributed by atoms with Gasteiger partial charge in [-0.1, -0.05) is 13.3 Å². The number of methoxy groups -OCH3 is 2. The van der Waals surface area contributed by atoms with E-state index in [1.54, 1.807) is 14.2 Å². The Balaban J connectivity index is 3.95. The molecule has 0 saturated heterocycles. The number of amides is 1. The SMILES string of the molecule is CCC[C@@H](CNC(=O)O)CC(OC)OC. The van der Waals surface area contributed by atoms with Gasteiger partial charge in [0.05, 0.1) is 0 Å². The van der Waals surface area contributed by atoms with E-state index in [-0.39, 0.29) is 12.2 Å². The van der Waals surface area contributed by atoms with Crippen LogP contribution in [0.15, 0.2) is 0 Å². The topological polar surface area (TPSA) is 67.8 Å². The molecule has 5 nitrogen and oxygen atoms in total. The standard InChI is InChI=1S/C10H21NO4/c1-4-5-8(7-11-10(12)13)6-9(14-2)15-3/h8-9,11H,4-7H2,1-3H3,(H,12,13)/t8-/m1/s1. The molecule has 0 spiro atoms. The van der Waals surface area contributed by atoms with E-state index in [0.717, 1.165) is 12.8 Å². The van der Waals surface area contributed by atoms with E-state index in [1.165, 1.54) is 0 Å². The third kappa shape index (κ3) is 7.16. The summed E-state index contributed by atoms with van der Waals surface area (Å²) in [6.07, 6.45) is 1.45. The summed E-state index contributed by atoms with van der Waals surface area (Å²) in [6, 6.07) is 0. The van der Waals surface area contributed by atoms with Crippen LogP contribution in [0.5, 0.6) is 0 Å². The van der Waals surface area contributed by atoms with Gasteiger partial charge in [0.15, 0.2) is 6.29 Å². The molecule has 2 N–H and O–H groups in total. The predicted octanol–water partition coefficient (Wildman–Crippen LogP) is 1.68. The van der Waals surface area contributed by atoms with Crippen molar-refractivity contribution in [2.75, 3.05) is 20.8 Å². The molecule has 5 heteroatoms. The zero-order chi connectivity index (χ0) is 11.7. The van der Waals surface area contributed by atoms with Crippen molar-refractivity contribution in [2.45, 2.75) is 32.5 Å². The fraction of sp³-hybridized carbons (Fsp3) is 0.900. The van der Waals surface area contributed by atoms with Gasteiger partial charge in [0.2, 0.25) is 0 Å². The van der Waals surface area contributed by atoms with Crippen LogP contribution in [0.1, 0.15) is 26.2 Å². The summed E-state index contributed by atoms with van der Waals surface area (Å²) in [5.41, 5.74) is 0. The van der Waals surface area contributed by atoms with E-state index in [2.05, 4.69) is 12.2 Å². The molecule has 0 aromatic carbocycles. The van der Waals surface area contributed by atoms with Crippen molar-refractivity contribution in [3.05, 3.63) is 0 Å². The lowest BCUT2D eigenvalue weighted by molar-refractivity contribution is -0.114. The molecule has 0 saturated carbocycles. The van der Waals surface area contributed by atoms with Crippen LogP contribution >= 0.6 is 0 Å². The van der Waals surface area contributed by atoms with Crippen molar-refractivity contribution >= 4 is 6.09 Å². The average molecular weight is 219 g/mol. The van der Waals surface area contributed by atoms with Gasteiger partial charge in [0, 0.05) is 27.2 Å². The Hall–Kier alpha value is -0.810. The van der Waals surface area contributed by atoms with Crippen molar-refractivity contribution < 1.29 is 19.4 Å². The highest BCUT2D eigenvalue weighted by atomic mass is 16.7. The molecule has 0 aliphatic carbocycles. The van der Waals surface area contributed by atoms with E-state index in [1.807, 2.05) is 0 Å². The molecule has 1 atom stereocenters. The highest BCUT2D eigenvalue weighted by molar-refractivity contribution is 5.64. The number of carboxylic acid groups (broad SMARTS) is 1. The molecule has 0 aromatic rings. The van der Waals surface area contributed by atoms with Gasteiger partial charge < -0.3 is 19.9 Å². The first-order valence-corrected chi connectivity index (χ1v) is 5.16. The van der Waals surface area contributed by atoms with Gasteiger partial charge in [0.25, 0.3) is 0 Å². The van der Waals surface area contributed by atoms with Gasteiger partial charge in [-0.25, -0.2) is 4.79 Å². The van der Waals surface area contributed by atoms with Crippen molar-refractivity contribution in [3.63, 3.8) is 0 Å². The predicted molar refractivity (Wildman–Crippen MR) is 56.8 cm³/mol. The molecule has 0 aliphatic heterocycles. The molecule has 15 heavy (non-hydrogen) atoms. The average Bonchev–Trinajstić information content (AvgIpc) is 2.22. The molecule has 0 rings (SSSR count). The van der Waals surface area contributed by atoms with Crippen molar-refractivity contribution in [3.8, 4) is 0 Å². The number of hydrogen-bond donors (Lipinski definition) is 2. The van der Waals surface area contributed by atoms with E-state index in [4.69, 9.17) is 14.6 Å². The Labute approximate surface area is 90.8 Å². The lowest BCUT2D eigenvalue weighted by Crippen LogP contribution is -2.30. The third-order valence-electron chi connectivity index (χ3n) is 2.29. The number of carbonyl (C=O) groups is 1. The largest absolute Gasteiger partial charge is 0.465 e. The summed E-state index contributed by atoms with van der Waals surface area (Å²) in [5.74, 6) is 0.260. The molecule has 0 fully saturated rings. The van der Waals surface area contributed by atoms with Crippen LogP contribution in [0, 0.1) is 5.92 Å². The van der Waals surface area contributed by atoms with Crippen molar-refractivity contribution in [2.24, 2.45) is 5.92 Å². The van der Waals surface area contributed by atoms with Crippen LogP contribution in [-0.4, -0.2) is 38.3 Å². The molecular formula is C10H21NO4. The van der Waals surface area contributed by atoms with Crippen LogP contribution in [0.25, 0.3) is 0 Å². The number of ether oxygens (including phenoxy) is 2. The van der Waals surface area contributed by atoms with Gasteiger partial charge in [-0.15, -0.1) is 0 Å². The van der Waals surface area contributed by atoms with E-state index >= 15 is 0 Å². The minimum absolute atomic E-state index is 0.253. The molecular weight excluding hydrogens is 198 g/mol. The van der Waals surface area contributed by atoms with E-state index in [0.29, 0.717) is 13.0 Å². The highest BCUT2D eigenvalue weighted by Gasteiger charge is 2.15. The molecule has 1 amide bonds. The summed E-state index contributed by atoms with van der Waals surface area (Å²) in [6.45, 7) is 2.52. The minimum atomic E-state index is -0.984. The van der Waals surface area contributed by atoms with E-state index in [9.17, 15) is 4.79 Å². The summed E-state index contributed by atoms with van der Waals surface area (Å²) in [4.78, 5) is 10.4. The first kappa shape index (κ1) is 14.2. The van der Waals surface area contributed by atoms with Crippen LogP contribution in [0.4, 0.5) is 4.79 Å². The quantitative estimate of drug-likeness (QED) is 0.609. The van der Waals surface area contributed by atoms with Crippen LogP contribution in [-0.2, 0) is 9.47 Å². The van der Waals surface area contributed by atoms with Crippen molar-refractivity contribution in [1.29, 1.82) is 0 Å². The zero-order valence-corrected chi connectivity index (χ0v) is 9.66. The third-order valence-corrected chi connectivity index (χ3v) is 2.29. The van der Waals surface area contributed by atoms with Gasteiger partial charge >= 0.3 is 6.09 Å². The minimum Gasteiger partial charge on any atom is -0.465 e. The second-order valence-electron chi connectivity index (χ2n) is 3.48. The van der Waals surface area contributed by atoms with Gasteiger partial charge in [-0.3, -0.25) is 0 Å². The Morgan fingerprint density at radius 3 is 2.40 bits per heavy atom. The maximum absolute atomic E-state index is 10.4. The van der Waals surface area contributed by atoms with Gasteiger partial charge in [-0.2, -0.15) is 0 Å². The molecule has 90 valence electrons. The Bertz CT molecular complexity index is 171. The summed E-state index contributed by atoms with van der Waals surface area (Å²) < 4.78 is 10.2. The number of rotatable bonds is 8. The molecule has 0 unspecified atom stereocenters. The lowest BCUT2D eigenvalue weighted by atomic mass is 9.99. The summed E-state index contributed by atoms with van der Waals surface area (Å²) in [7, 11) is 3.17. The number of hydrogen-bond acceptors (Lipinski definition) is 3. The highest BCUT2D eigenvalue weighted by Crippen LogP contribution is 2.14. The maximum Gasteiger partial charge on any atom is 0.404 e. The molecule has 0 aliphatic rings. The summed E-state index contributed by atoms with van der Waals surface area (Å²) >= 11 is 0. The second kappa shape index (κ2) is 8.49. The fourth-order valence-corrected chi connectivity index (χ4v) is 1.50. The van der Waals surface area contributed by atoms with Crippen LogP contribution < -0.4 is 5.32 Å². The molecule has 0 heterocycles. The number of nitrogens with one attached hydrogen (secondary N) is 1. The van der Waals surface area contributed by atoms with Gasteiger partial charge in [-0.05, 0) is 12.3 Å². The zero-order valence-electron chi connectivity index (χ0n) is 9.66. The molecule has 0 aromatic heterocycles. The smallest absolute Gasteiger partial charge is 0.404 e. The van der Waals surface area contributed by atoms with Crippen LogP contribution in [0.2, 0.25) is 0 Å². The van der Waals surface area contributed by atoms with Crippen molar-refractivity contribution in [1.82, 2.24) is 5.32 Å². The maximum atomic E-state index is 10.4. The monoisotopic (exact) mass is 219 g/mol. The Morgan fingerprint density at radius 1 is 1.40 bits per heavy atom. The Kier molecular flexibility index (Phi) is 8.04. The Morgan fingerprint density at radius 2 is 2.00 bits per heavy atom. The lowest BCUT2D eigenvalue weighted by Gasteiger charge is -2.21. The molecule has 0 bridgehead atoms. The normalized spacial score (nSPS) is 12.8. The second-order valence-corrected chi connectivity index (χ2v) is 3.48. The first-order chi connectivity index (χ1) is 7.13. The van der Waals surface area contributed by atoms with Gasteiger partial charge in [0.1, 0.15) is 0 Å². The van der Waals surface area contributed by atoms with Crippen LogP contribution in [0.3, 0.4) is 0 Å².